The van der Waals surface area contributed by atoms with Crippen LogP contribution in [-0.4, -0.2) is 24.3 Å². The Morgan fingerprint density at radius 3 is 2.68 bits per heavy atom. The molecule has 0 radical (unpaired) electrons. The van der Waals surface area contributed by atoms with E-state index < -0.39 is 0 Å². The molecule has 3 heterocycles. The highest BCUT2D eigenvalue weighted by Gasteiger charge is 2.16. The van der Waals surface area contributed by atoms with Crippen LogP contribution in [0.3, 0.4) is 0 Å². The van der Waals surface area contributed by atoms with Crippen molar-refractivity contribution in [3.05, 3.63) is 40.0 Å². The molecule has 3 aromatic heterocycles. The number of rotatable bonds is 3. The summed E-state index contributed by atoms with van der Waals surface area (Å²) in [5.41, 5.74) is 0.281. The van der Waals surface area contributed by atoms with E-state index in [-0.39, 0.29) is 17.6 Å². The summed E-state index contributed by atoms with van der Waals surface area (Å²) in [5, 5.41) is 5.03. The van der Waals surface area contributed by atoms with Crippen LogP contribution in [0.2, 0.25) is 5.15 Å². The van der Waals surface area contributed by atoms with Gasteiger partial charge in [-0.1, -0.05) is 11.6 Å². The first kappa shape index (κ1) is 14.5. The van der Waals surface area contributed by atoms with Crippen molar-refractivity contribution in [2.24, 2.45) is 7.05 Å². The maximum Gasteiger partial charge on any atom is 0.306 e. The lowest BCUT2D eigenvalue weighted by Gasteiger charge is -2.10. The van der Waals surface area contributed by atoms with Crippen molar-refractivity contribution in [2.45, 2.75) is 19.9 Å². The van der Waals surface area contributed by atoms with Crippen molar-refractivity contribution in [1.29, 1.82) is 0 Å². The lowest BCUT2D eigenvalue weighted by molar-refractivity contribution is 0.412. The fraction of sp³-hybridized carbons (Fsp3) is 0.286. The molecule has 0 unspecified atom stereocenters. The summed E-state index contributed by atoms with van der Waals surface area (Å²) in [6.07, 6.45) is 3.00. The van der Waals surface area contributed by atoms with Gasteiger partial charge in [0.15, 0.2) is 5.65 Å². The van der Waals surface area contributed by atoms with Gasteiger partial charge in [-0.25, -0.2) is 9.67 Å². The number of hydrogen-bond donors (Lipinski definition) is 0. The average Bonchev–Trinajstić information content (AvgIpc) is 2.91. The second kappa shape index (κ2) is 5.42. The molecule has 0 amide bonds. The van der Waals surface area contributed by atoms with Gasteiger partial charge in [0.05, 0.1) is 12.4 Å². The highest BCUT2D eigenvalue weighted by Crippen LogP contribution is 2.21. The van der Waals surface area contributed by atoms with E-state index in [0.717, 1.165) is 0 Å². The highest BCUT2D eigenvalue weighted by molar-refractivity contribution is 6.29. The van der Waals surface area contributed by atoms with E-state index in [1.165, 1.54) is 17.0 Å². The van der Waals surface area contributed by atoms with Crippen molar-refractivity contribution in [3.8, 4) is 11.8 Å². The van der Waals surface area contributed by atoms with Gasteiger partial charge >= 0.3 is 6.01 Å². The van der Waals surface area contributed by atoms with Crippen molar-refractivity contribution >= 4 is 22.6 Å². The predicted octanol–water partition coefficient (Wildman–Crippen LogP) is 2.55. The van der Waals surface area contributed by atoms with Crippen molar-refractivity contribution in [1.82, 2.24) is 24.3 Å². The third-order valence-corrected chi connectivity index (χ3v) is 3.41. The second-order valence-electron chi connectivity index (χ2n) is 5.10. The molecular formula is C14H14ClN5O2. The number of halogens is 1. The summed E-state index contributed by atoms with van der Waals surface area (Å²) < 4.78 is 8.67. The summed E-state index contributed by atoms with van der Waals surface area (Å²) in [5.74, 6) is 0.446. The minimum Gasteiger partial charge on any atom is -0.424 e. The third-order valence-electron chi connectivity index (χ3n) is 3.19. The Balaban J connectivity index is 2.12. The van der Waals surface area contributed by atoms with Crippen molar-refractivity contribution in [3.63, 3.8) is 0 Å². The first-order chi connectivity index (χ1) is 10.5. The minimum absolute atomic E-state index is 0.0853. The first-order valence-corrected chi connectivity index (χ1v) is 7.09. The van der Waals surface area contributed by atoms with Crippen LogP contribution in [0.5, 0.6) is 11.8 Å². The summed E-state index contributed by atoms with van der Waals surface area (Å²) in [4.78, 5) is 20.7. The highest BCUT2D eigenvalue weighted by atomic mass is 35.5. The van der Waals surface area contributed by atoms with Gasteiger partial charge in [-0.15, -0.1) is 0 Å². The number of ether oxygens (including phenoxy) is 1. The molecule has 0 bridgehead atoms. The molecule has 0 spiro atoms. The number of aromatic nitrogens is 5. The summed E-state index contributed by atoms with van der Waals surface area (Å²) in [6, 6.07) is 3.52. The molecule has 22 heavy (non-hydrogen) atoms. The van der Waals surface area contributed by atoms with E-state index in [2.05, 4.69) is 15.1 Å². The van der Waals surface area contributed by atoms with Crippen LogP contribution in [0.15, 0.2) is 29.3 Å². The van der Waals surface area contributed by atoms with E-state index in [1.807, 2.05) is 13.8 Å². The number of pyridine rings is 1. The molecule has 3 aromatic rings. The third kappa shape index (κ3) is 2.43. The molecule has 0 aliphatic heterocycles. The molecule has 0 N–H and O–H groups in total. The smallest absolute Gasteiger partial charge is 0.306 e. The topological polar surface area (TPSA) is 74.8 Å². The quantitative estimate of drug-likeness (QED) is 0.693. The Hall–Kier alpha value is -2.41. The molecule has 114 valence electrons. The van der Waals surface area contributed by atoms with Crippen LogP contribution in [0.4, 0.5) is 0 Å². The van der Waals surface area contributed by atoms with Gasteiger partial charge in [0.1, 0.15) is 16.3 Å². The maximum absolute atomic E-state index is 12.4. The molecule has 0 aromatic carbocycles. The van der Waals surface area contributed by atoms with Crippen LogP contribution in [0, 0.1) is 0 Å². The lowest BCUT2D eigenvalue weighted by atomic mass is 10.4. The van der Waals surface area contributed by atoms with Crippen LogP contribution >= 0.6 is 11.6 Å². The van der Waals surface area contributed by atoms with Gasteiger partial charge in [0, 0.05) is 13.1 Å². The zero-order valence-corrected chi connectivity index (χ0v) is 13.1. The van der Waals surface area contributed by atoms with Gasteiger partial charge in [-0.3, -0.25) is 9.36 Å². The van der Waals surface area contributed by atoms with Crippen LogP contribution in [0.25, 0.3) is 11.0 Å². The van der Waals surface area contributed by atoms with Gasteiger partial charge in [-0.05, 0) is 26.0 Å². The normalized spacial score (nSPS) is 11.3. The van der Waals surface area contributed by atoms with E-state index in [4.69, 9.17) is 16.3 Å². The van der Waals surface area contributed by atoms with Gasteiger partial charge in [0.25, 0.3) is 5.56 Å². The molecule has 0 aliphatic rings. The Kier molecular flexibility index (Phi) is 3.58. The Morgan fingerprint density at radius 2 is 2.05 bits per heavy atom. The largest absolute Gasteiger partial charge is 0.424 e. The van der Waals surface area contributed by atoms with Crippen LogP contribution in [0.1, 0.15) is 19.9 Å². The molecule has 0 aliphatic carbocycles. The predicted molar refractivity (Wildman–Crippen MR) is 82.5 cm³/mol. The fourth-order valence-electron chi connectivity index (χ4n) is 2.05. The van der Waals surface area contributed by atoms with E-state index in [0.29, 0.717) is 21.9 Å². The molecular weight excluding hydrogens is 306 g/mol. The first-order valence-electron chi connectivity index (χ1n) is 6.71. The van der Waals surface area contributed by atoms with E-state index in [9.17, 15) is 4.79 Å². The molecule has 0 fully saturated rings. The fourth-order valence-corrected chi connectivity index (χ4v) is 2.16. The Bertz CT molecular complexity index is 883. The lowest BCUT2D eigenvalue weighted by Crippen LogP contribution is -2.20. The zero-order valence-electron chi connectivity index (χ0n) is 12.3. The summed E-state index contributed by atoms with van der Waals surface area (Å²) in [6.45, 7) is 3.94. The average molecular weight is 320 g/mol. The van der Waals surface area contributed by atoms with Crippen molar-refractivity contribution in [2.75, 3.05) is 0 Å². The maximum atomic E-state index is 12.4. The monoisotopic (exact) mass is 319 g/mol. The number of fused-ring (bicyclic) bond motifs is 1. The molecule has 0 saturated carbocycles. The number of nitrogens with zero attached hydrogens (tertiary/aromatic N) is 5. The SMILES string of the molecule is CC(C)n1ncc2c(=O)n(C)c(Oc3ccc(Cl)nc3)nc21. The van der Waals surface area contributed by atoms with Gasteiger partial charge in [-0.2, -0.15) is 10.1 Å². The Labute approximate surface area is 131 Å². The summed E-state index contributed by atoms with van der Waals surface area (Å²) >= 11 is 5.74. The molecule has 7 nitrogen and oxygen atoms in total. The zero-order chi connectivity index (χ0) is 15.9. The molecule has 0 saturated heterocycles. The van der Waals surface area contributed by atoms with E-state index >= 15 is 0 Å². The molecule has 8 heteroatoms. The number of hydrogen-bond acceptors (Lipinski definition) is 5. The second-order valence-corrected chi connectivity index (χ2v) is 5.48. The van der Waals surface area contributed by atoms with Crippen molar-refractivity contribution < 1.29 is 4.74 Å². The van der Waals surface area contributed by atoms with E-state index in [1.54, 1.807) is 23.9 Å². The van der Waals surface area contributed by atoms with Crippen LogP contribution in [-0.2, 0) is 7.05 Å². The van der Waals surface area contributed by atoms with Gasteiger partial charge in [0.2, 0.25) is 0 Å². The Morgan fingerprint density at radius 1 is 1.27 bits per heavy atom. The minimum atomic E-state index is -0.214. The molecule has 0 atom stereocenters. The standard InChI is InChI=1S/C14H14ClN5O2/c1-8(2)20-12-10(7-17-20)13(21)19(3)14(18-12)22-9-4-5-11(15)16-6-9/h4-8H,1-3H3. The van der Waals surface area contributed by atoms with Crippen LogP contribution < -0.4 is 10.3 Å². The summed E-state index contributed by atoms with van der Waals surface area (Å²) in [7, 11) is 1.60. The molecule has 3 rings (SSSR count). The van der Waals surface area contributed by atoms with Gasteiger partial charge < -0.3 is 4.74 Å².